The number of hydrogen-bond donors (Lipinski definition) is 1. The van der Waals surface area contributed by atoms with Crippen LogP contribution in [0.5, 0.6) is 5.75 Å². The molecule has 2 aromatic rings. The second kappa shape index (κ2) is 6.18. The smallest absolute Gasteiger partial charge is 0.152 e. The SMILES string of the molecule is COc1cc(CNc2c(F)cc(F)cc2F)ccc1C#N. The molecule has 0 heterocycles. The third-order valence-electron chi connectivity index (χ3n) is 2.86. The molecule has 0 aliphatic rings. The number of hydrogen-bond acceptors (Lipinski definition) is 3. The van der Waals surface area contributed by atoms with Crippen molar-refractivity contribution in [2.45, 2.75) is 6.54 Å². The van der Waals surface area contributed by atoms with E-state index in [0.29, 0.717) is 29.0 Å². The van der Waals surface area contributed by atoms with E-state index in [9.17, 15) is 13.2 Å². The van der Waals surface area contributed by atoms with E-state index in [-0.39, 0.29) is 6.54 Å². The number of methoxy groups -OCH3 is 1. The molecule has 2 rings (SSSR count). The molecule has 3 nitrogen and oxygen atoms in total. The Morgan fingerprint density at radius 3 is 2.38 bits per heavy atom. The second-order valence-electron chi connectivity index (χ2n) is 4.24. The van der Waals surface area contributed by atoms with Crippen LogP contribution in [0.25, 0.3) is 0 Å². The summed E-state index contributed by atoms with van der Waals surface area (Å²) in [6.07, 6.45) is 0. The average Bonchev–Trinajstić information content (AvgIpc) is 2.45. The third kappa shape index (κ3) is 3.26. The average molecular weight is 292 g/mol. The van der Waals surface area contributed by atoms with Gasteiger partial charge in [-0.05, 0) is 17.7 Å². The molecule has 0 saturated carbocycles. The zero-order valence-electron chi connectivity index (χ0n) is 11.1. The molecule has 2 aromatic carbocycles. The van der Waals surface area contributed by atoms with Crippen LogP contribution in [-0.2, 0) is 6.54 Å². The normalized spacial score (nSPS) is 10.0. The molecule has 0 saturated heterocycles. The maximum absolute atomic E-state index is 13.5. The molecule has 6 heteroatoms. The van der Waals surface area contributed by atoms with Crippen molar-refractivity contribution in [3.05, 3.63) is 58.9 Å². The Morgan fingerprint density at radius 2 is 1.81 bits per heavy atom. The van der Waals surface area contributed by atoms with E-state index in [0.717, 1.165) is 0 Å². The van der Waals surface area contributed by atoms with Crippen molar-refractivity contribution in [2.24, 2.45) is 0 Å². The molecule has 0 amide bonds. The van der Waals surface area contributed by atoms with E-state index in [2.05, 4.69) is 5.32 Å². The summed E-state index contributed by atoms with van der Waals surface area (Å²) < 4.78 is 44.8. The zero-order chi connectivity index (χ0) is 15.4. The van der Waals surface area contributed by atoms with Crippen molar-refractivity contribution in [2.75, 3.05) is 12.4 Å². The first-order valence-electron chi connectivity index (χ1n) is 6.00. The molecule has 0 aliphatic carbocycles. The zero-order valence-corrected chi connectivity index (χ0v) is 11.1. The largest absolute Gasteiger partial charge is 0.495 e. The van der Waals surface area contributed by atoms with Crippen molar-refractivity contribution in [1.29, 1.82) is 5.26 Å². The third-order valence-corrected chi connectivity index (χ3v) is 2.86. The highest BCUT2D eigenvalue weighted by atomic mass is 19.1. The van der Waals surface area contributed by atoms with Gasteiger partial charge in [-0.1, -0.05) is 6.07 Å². The van der Waals surface area contributed by atoms with Crippen LogP contribution in [-0.4, -0.2) is 7.11 Å². The second-order valence-corrected chi connectivity index (χ2v) is 4.24. The van der Waals surface area contributed by atoms with Gasteiger partial charge in [0.25, 0.3) is 0 Å². The molecule has 0 atom stereocenters. The molecule has 0 aromatic heterocycles. The van der Waals surface area contributed by atoms with Gasteiger partial charge in [-0.25, -0.2) is 13.2 Å². The minimum atomic E-state index is -1.01. The number of nitrogens with one attached hydrogen (secondary N) is 1. The Morgan fingerprint density at radius 1 is 1.14 bits per heavy atom. The summed E-state index contributed by atoms with van der Waals surface area (Å²) in [5.74, 6) is -2.62. The van der Waals surface area contributed by atoms with Gasteiger partial charge in [-0.15, -0.1) is 0 Å². The Kier molecular flexibility index (Phi) is 4.33. The van der Waals surface area contributed by atoms with Gasteiger partial charge in [0.05, 0.1) is 12.7 Å². The van der Waals surface area contributed by atoms with Crippen molar-refractivity contribution in [3.8, 4) is 11.8 Å². The lowest BCUT2D eigenvalue weighted by atomic mass is 10.1. The van der Waals surface area contributed by atoms with Gasteiger partial charge in [0.15, 0.2) is 11.6 Å². The van der Waals surface area contributed by atoms with Gasteiger partial charge >= 0.3 is 0 Å². The first kappa shape index (κ1) is 14.7. The quantitative estimate of drug-likeness (QED) is 0.936. The Bertz CT molecular complexity index is 688. The van der Waals surface area contributed by atoms with Crippen LogP contribution in [0.3, 0.4) is 0 Å². The molecule has 0 radical (unpaired) electrons. The molecule has 0 fully saturated rings. The first-order valence-corrected chi connectivity index (χ1v) is 6.00. The van der Waals surface area contributed by atoms with Gasteiger partial charge in [0.2, 0.25) is 0 Å². The number of rotatable bonds is 4. The number of ether oxygens (including phenoxy) is 1. The van der Waals surface area contributed by atoms with Crippen molar-refractivity contribution < 1.29 is 17.9 Å². The molecular weight excluding hydrogens is 281 g/mol. The van der Waals surface area contributed by atoms with Gasteiger partial charge in [-0.2, -0.15) is 5.26 Å². The molecule has 0 unspecified atom stereocenters. The standard InChI is InChI=1S/C15H11F3N2O/c1-21-14-4-9(2-3-10(14)7-19)8-20-15-12(17)5-11(16)6-13(15)18/h2-6,20H,8H2,1H3. The van der Waals surface area contributed by atoms with Crippen LogP contribution in [0.15, 0.2) is 30.3 Å². The van der Waals surface area contributed by atoms with Gasteiger partial charge < -0.3 is 10.1 Å². The molecule has 0 aliphatic heterocycles. The number of nitrogens with zero attached hydrogens (tertiary/aromatic N) is 1. The lowest BCUT2D eigenvalue weighted by molar-refractivity contribution is 0.413. The monoisotopic (exact) mass is 292 g/mol. The lowest BCUT2D eigenvalue weighted by Gasteiger charge is -2.10. The Balaban J connectivity index is 2.19. The fraction of sp³-hybridized carbons (Fsp3) is 0.133. The Labute approximate surface area is 119 Å². The van der Waals surface area contributed by atoms with Crippen LogP contribution >= 0.6 is 0 Å². The fourth-order valence-corrected chi connectivity index (χ4v) is 1.84. The maximum Gasteiger partial charge on any atom is 0.152 e. The van der Waals surface area contributed by atoms with E-state index in [1.165, 1.54) is 7.11 Å². The van der Waals surface area contributed by atoms with Gasteiger partial charge in [0, 0.05) is 18.7 Å². The summed E-state index contributed by atoms with van der Waals surface area (Å²) in [6.45, 7) is 0.0988. The van der Waals surface area contributed by atoms with E-state index in [1.807, 2.05) is 6.07 Å². The minimum absolute atomic E-state index is 0.0988. The minimum Gasteiger partial charge on any atom is -0.495 e. The predicted octanol–water partition coefficient (Wildman–Crippen LogP) is 3.60. The summed E-state index contributed by atoms with van der Waals surface area (Å²) in [6, 6.07) is 7.94. The van der Waals surface area contributed by atoms with Crippen LogP contribution in [0.2, 0.25) is 0 Å². The summed E-state index contributed by atoms with van der Waals surface area (Å²) in [5.41, 5.74) is 0.620. The molecule has 1 N–H and O–H groups in total. The molecule has 21 heavy (non-hydrogen) atoms. The lowest BCUT2D eigenvalue weighted by Crippen LogP contribution is -2.05. The van der Waals surface area contributed by atoms with E-state index >= 15 is 0 Å². The van der Waals surface area contributed by atoms with Gasteiger partial charge in [0.1, 0.15) is 23.3 Å². The molecule has 0 spiro atoms. The molecule has 0 bridgehead atoms. The number of halogens is 3. The molecule has 108 valence electrons. The van der Waals surface area contributed by atoms with Crippen molar-refractivity contribution in [1.82, 2.24) is 0 Å². The molecular formula is C15H11F3N2O. The highest BCUT2D eigenvalue weighted by Crippen LogP contribution is 2.23. The first-order chi connectivity index (χ1) is 10.0. The summed E-state index contributed by atoms with van der Waals surface area (Å²) in [4.78, 5) is 0. The van der Waals surface area contributed by atoms with E-state index in [1.54, 1.807) is 18.2 Å². The Hall–Kier alpha value is -2.68. The van der Waals surface area contributed by atoms with Crippen LogP contribution in [0.4, 0.5) is 18.9 Å². The van der Waals surface area contributed by atoms with Gasteiger partial charge in [-0.3, -0.25) is 0 Å². The fourth-order valence-electron chi connectivity index (χ4n) is 1.84. The van der Waals surface area contributed by atoms with Crippen molar-refractivity contribution >= 4 is 5.69 Å². The predicted molar refractivity (Wildman–Crippen MR) is 71.4 cm³/mol. The van der Waals surface area contributed by atoms with Crippen molar-refractivity contribution in [3.63, 3.8) is 0 Å². The topological polar surface area (TPSA) is 45.0 Å². The maximum atomic E-state index is 13.5. The summed E-state index contributed by atoms with van der Waals surface area (Å²) in [5, 5.41) is 11.4. The summed E-state index contributed by atoms with van der Waals surface area (Å²) >= 11 is 0. The van der Waals surface area contributed by atoms with Crippen LogP contribution in [0, 0.1) is 28.8 Å². The van der Waals surface area contributed by atoms with E-state index < -0.39 is 23.1 Å². The van der Waals surface area contributed by atoms with Crippen LogP contribution < -0.4 is 10.1 Å². The number of anilines is 1. The highest BCUT2D eigenvalue weighted by Gasteiger charge is 2.11. The van der Waals surface area contributed by atoms with Crippen LogP contribution in [0.1, 0.15) is 11.1 Å². The highest BCUT2D eigenvalue weighted by molar-refractivity contribution is 5.49. The number of benzene rings is 2. The summed E-state index contributed by atoms with van der Waals surface area (Å²) in [7, 11) is 1.42. The van der Waals surface area contributed by atoms with E-state index in [4.69, 9.17) is 10.00 Å². The number of nitriles is 1.